The number of nitrogens with one attached hydrogen (secondary N) is 1. The summed E-state index contributed by atoms with van der Waals surface area (Å²) in [6, 6.07) is 11.9. The van der Waals surface area contributed by atoms with Gasteiger partial charge in [-0.15, -0.1) is 0 Å². The number of aromatic hydroxyl groups is 1. The SMILES string of the molecule is COc1ccc(CN[C@@H]2CCc3c(O)cccc32)c(OC)c1. The highest BCUT2D eigenvalue weighted by Gasteiger charge is 2.24. The third-order valence-electron chi connectivity index (χ3n) is 4.28. The van der Waals surface area contributed by atoms with E-state index in [9.17, 15) is 5.11 Å². The van der Waals surface area contributed by atoms with E-state index in [2.05, 4.69) is 11.4 Å². The monoisotopic (exact) mass is 299 g/mol. The van der Waals surface area contributed by atoms with E-state index in [1.54, 1.807) is 20.3 Å². The van der Waals surface area contributed by atoms with E-state index >= 15 is 0 Å². The van der Waals surface area contributed by atoms with Crippen molar-refractivity contribution in [1.29, 1.82) is 0 Å². The van der Waals surface area contributed by atoms with E-state index in [1.165, 1.54) is 5.56 Å². The van der Waals surface area contributed by atoms with Crippen LogP contribution in [0.1, 0.15) is 29.2 Å². The zero-order valence-corrected chi connectivity index (χ0v) is 12.9. The van der Waals surface area contributed by atoms with Gasteiger partial charge in [0.25, 0.3) is 0 Å². The Kier molecular flexibility index (Phi) is 4.20. The van der Waals surface area contributed by atoms with Gasteiger partial charge in [0, 0.05) is 24.2 Å². The number of phenols is 1. The fourth-order valence-corrected chi connectivity index (χ4v) is 3.08. The van der Waals surface area contributed by atoms with Crippen LogP contribution < -0.4 is 14.8 Å². The van der Waals surface area contributed by atoms with Gasteiger partial charge < -0.3 is 19.9 Å². The zero-order valence-electron chi connectivity index (χ0n) is 12.9. The van der Waals surface area contributed by atoms with E-state index in [0.717, 1.165) is 35.5 Å². The van der Waals surface area contributed by atoms with Gasteiger partial charge in [-0.1, -0.05) is 18.2 Å². The van der Waals surface area contributed by atoms with Crippen LogP contribution in [0.15, 0.2) is 36.4 Å². The van der Waals surface area contributed by atoms with Crippen molar-refractivity contribution in [2.75, 3.05) is 14.2 Å². The highest BCUT2D eigenvalue weighted by molar-refractivity contribution is 5.45. The van der Waals surface area contributed by atoms with E-state index in [1.807, 2.05) is 24.3 Å². The minimum absolute atomic E-state index is 0.272. The third-order valence-corrected chi connectivity index (χ3v) is 4.28. The van der Waals surface area contributed by atoms with Gasteiger partial charge in [0.1, 0.15) is 17.2 Å². The average Bonchev–Trinajstić information content (AvgIpc) is 2.97. The molecule has 4 heteroatoms. The van der Waals surface area contributed by atoms with E-state index < -0.39 is 0 Å². The predicted molar refractivity (Wildman–Crippen MR) is 85.6 cm³/mol. The summed E-state index contributed by atoms with van der Waals surface area (Å²) in [7, 11) is 3.32. The Bertz CT molecular complexity index is 669. The van der Waals surface area contributed by atoms with Crippen LogP contribution in [0, 0.1) is 0 Å². The second-order valence-corrected chi connectivity index (χ2v) is 5.49. The van der Waals surface area contributed by atoms with Crippen LogP contribution >= 0.6 is 0 Å². The highest BCUT2D eigenvalue weighted by atomic mass is 16.5. The Labute approximate surface area is 130 Å². The number of fused-ring (bicyclic) bond motifs is 1. The van der Waals surface area contributed by atoms with Gasteiger partial charge in [-0.3, -0.25) is 0 Å². The molecule has 1 aliphatic carbocycles. The predicted octanol–water partition coefficient (Wildman–Crippen LogP) is 3.19. The van der Waals surface area contributed by atoms with E-state index in [0.29, 0.717) is 12.3 Å². The van der Waals surface area contributed by atoms with Crippen molar-refractivity contribution in [3.63, 3.8) is 0 Å². The van der Waals surface area contributed by atoms with Crippen LogP contribution in [0.2, 0.25) is 0 Å². The molecule has 116 valence electrons. The number of hydrogen-bond donors (Lipinski definition) is 2. The Morgan fingerprint density at radius 2 is 2.05 bits per heavy atom. The minimum Gasteiger partial charge on any atom is -0.508 e. The average molecular weight is 299 g/mol. The molecule has 3 rings (SSSR count). The molecule has 1 aliphatic rings. The van der Waals surface area contributed by atoms with Crippen LogP contribution in [0.25, 0.3) is 0 Å². The standard InChI is InChI=1S/C18H21NO3/c1-21-13-7-6-12(18(10-13)22-2)11-19-16-9-8-15-14(16)4-3-5-17(15)20/h3-7,10,16,19-20H,8-9,11H2,1-2H3/t16-/m1/s1. The first kappa shape index (κ1) is 14.7. The van der Waals surface area contributed by atoms with Gasteiger partial charge in [-0.2, -0.15) is 0 Å². The lowest BCUT2D eigenvalue weighted by Gasteiger charge is -2.16. The fraction of sp³-hybridized carbons (Fsp3) is 0.333. The van der Waals surface area contributed by atoms with Crippen molar-refractivity contribution < 1.29 is 14.6 Å². The summed E-state index contributed by atoms with van der Waals surface area (Å²) in [5.41, 5.74) is 3.37. The number of ether oxygens (including phenoxy) is 2. The van der Waals surface area contributed by atoms with Crippen LogP contribution in [0.3, 0.4) is 0 Å². The van der Waals surface area contributed by atoms with Crippen LogP contribution in [0.5, 0.6) is 17.2 Å². The van der Waals surface area contributed by atoms with Crippen molar-refractivity contribution in [3.8, 4) is 17.2 Å². The van der Waals surface area contributed by atoms with Crippen LogP contribution in [-0.4, -0.2) is 19.3 Å². The summed E-state index contributed by atoms with van der Waals surface area (Å²) >= 11 is 0. The van der Waals surface area contributed by atoms with E-state index in [-0.39, 0.29) is 6.04 Å². The van der Waals surface area contributed by atoms with Gasteiger partial charge in [0.2, 0.25) is 0 Å². The summed E-state index contributed by atoms with van der Waals surface area (Å²) in [6.07, 6.45) is 1.92. The summed E-state index contributed by atoms with van der Waals surface area (Å²) < 4.78 is 10.7. The van der Waals surface area contributed by atoms with Gasteiger partial charge in [0.05, 0.1) is 14.2 Å². The molecule has 0 bridgehead atoms. The van der Waals surface area contributed by atoms with Crippen molar-refractivity contribution in [3.05, 3.63) is 53.1 Å². The molecule has 4 nitrogen and oxygen atoms in total. The normalized spacial score (nSPS) is 16.4. The molecule has 0 heterocycles. The second-order valence-electron chi connectivity index (χ2n) is 5.49. The molecule has 0 unspecified atom stereocenters. The van der Waals surface area contributed by atoms with Gasteiger partial charge in [-0.05, 0) is 36.1 Å². The third kappa shape index (κ3) is 2.74. The van der Waals surface area contributed by atoms with Crippen molar-refractivity contribution >= 4 is 0 Å². The van der Waals surface area contributed by atoms with Gasteiger partial charge in [-0.25, -0.2) is 0 Å². The Morgan fingerprint density at radius 3 is 2.82 bits per heavy atom. The molecule has 0 aromatic heterocycles. The Hall–Kier alpha value is -2.20. The highest BCUT2D eigenvalue weighted by Crippen LogP contribution is 2.36. The van der Waals surface area contributed by atoms with Gasteiger partial charge >= 0.3 is 0 Å². The first-order valence-corrected chi connectivity index (χ1v) is 7.48. The first-order chi connectivity index (χ1) is 10.7. The summed E-state index contributed by atoms with van der Waals surface area (Å²) in [4.78, 5) is 0. The van der Waals surface area contributed by atoms with Crippen molar-refractivity contribution in [2.24, 2.45) is 0 Å². The maximum atomic E-state index is 9.91. The first-order valence-electron chi connectivity index (χ1n) is 7.48. The number of phenolic OH excluding ortho intramolecular Hbond substituents is 1. The lowest BCUT2D eigenvalue weighted by molar-refractivity contribution is 0.388. The lowest BCUT2D eigenvalue weighted by atomic mass is 10.1. The second kappa shape index (κ2) is 6.28. The van der Waals surface area contributed by atoms with E-state index in [4.69, 9.17) is 9.47 Å². The molecule has 0 aliphatic heterocycles. The number of benzene rings is 2. The van der Waals surface area contributed by atoms with Crippen LogP contribution in [0.4, 0.5) is 0 Å². The molecular formula is C18H21NO3. The molecule has 0 saturated carbocycles. The molecule has 1 atom stereocenters. The molecule has 2 aromatic rings. The number of methoxy groups -OCH3 is 2. The summed E-state index contributed by atoms with van der Waals surface area (Å²) in [5.74, 6) is 2.02. The number of rotatable bonds is 5. The quantitative estimate of drug-likeness (QED) is 0.890. The number of hydrogen-bond acceptors (Lipinski definition) is 4. The Morgan fingerprint density at radius 1 is 1.18 bits per heavy atom. The summed E-state index contributed by atoms with van der Waals surface area (Å²) in [5, 5.41) is 13.5. The zero-order chi connectivity index (χ0) is 15.5. The topological polar surface area (TPSA) is 50.7 Å². The van der Waals surface area contributed by atoms with Gasteiger partial charge in [0.15, 0.2) is 0 Å². The summed E-state index contributed by atoms with van der Waals surface area (Å²) in [6.45, 7) is 0.715. The molecule has 0 fully saturated rings. The molecule has 22 heavy (non-hydrogen) atoms. The molecule has 2 aromatic carbocycles. The Balaban J connectivity index is 1.73. The smallest absolute Gasteiger partial charge is 0.127 e. The molecule has 0 spiro atoms. The largest absolute Gasteiger partial charge is 0.508 e. The maximum absolute atomic E-state index is 9.91. The van der Waals surface area contributed by atoms with Crippen molar-refractivity contribution in [1.82, 2.24) is 5.32 Å². The maximum Gasteiger partial charge on any atom is 0.127 e. The molecular weight excluding hydrogens is 278 g/mol. The molecule has 2 N–H and O–H groups in total. The molecule has 0 radical (unpaired) electrons. The van der Waals surface area contributed by atoms with Crippen LogP contribution in [-0.2, 0) is 13.0 Å². The fourth-order valence-electron chi connectivity index (χ4n) is 3.08. The lowest BCUT2D eigenvalue weighted by Crippen LogP contribution is -2.19. The minimum atomic E-state index is 0.272. The molecule has 0 saturated heterocycles. The van der Waals surface area contributed by atoms with Crippen molar-refractivity contribution in [2.45, 2.75) is 25.4 Å². The molecule has 0 amide bonds.